The van der Waals surface area contributed by atoms with Crippen molar-refractivity contribution in [3.8, 4) is 5.75 Å². The van der Waals surface area contributed by atoms with Crippen molar-refractivity contribution < 1.29 is 14.3 Å². The maximum Gasteiger partial charge on any atom is 0.227 e. The third kappa shape index (κ3) is 3.71. The Balaban J connectivity index is 1.93. The number of rotatable bonds is 3. The number of ether oxygens (including phenoxy) is 1. The highest BCUT2D eigenvalue weighted by molar-refractivity contribution is 5.81. The summed E-state index contributed by atoms with van der Waals surface area (Å²) in [5.41, 5.74) is 0.953. The number of nitrogens with one attached hydrogen (secondary N) is 1. The Morgan fingerprint density at radius 2 is 2.05 bits per heavy atom. The summed E-state index contributed by atoms with van der Waals surface area (Å²) in [5, 5.41) is 2.76. The van der Waals surface area contributed by atoms with E-state index in [9.17, 15) is 9.59 Å². The highest BCUT2D eigenvalue weighted by atomic mass is 16.5. The van der Waals surface area contributed by atoms with Crippen LogP contribution >= 0.6 is 0 Å². The van der Waals surface area contributed by atoms with E-state index in [1.807, 2.05) is 24.3 Å². The molecule has 1 heterocycles. The fourth-order valence-electron chi connectivity index (χ4n) is 2.05. The Kier molecular flexibility index (Phi) is 4.39. The molecule has 1 aliphatic heterocycles. The molecule has 0 radical (unpaired) electrons. The molecule has 1 N–H and O–H groups in total. The average Bonchev–Trinajstić information content (AvgIpc) is 2.64. The predicted octanol–water partition coefficient (Wildman–Crippen LogP) is 0.586. The molecule has 1 saturated heterocycles. The van der Waals surface area contributed by atoms with Gasteiger partial charge in [-0.3, -0.25) is 9.59 Å². The van der Waals surface area contributed by atoms with Crippen LogP contribution in [0.5, 0.6) is 5.75 Å². The van der Waals surface area contributed by atoms with E-state index in [0.717, 1.165) is 11.3 Å². The summed E-state index contributed by atoms with van der Waals surface area (Å²) in [4.78, 5) is 25.1. The Bertz CT molecular complexity index is 456. The van der Waals surface area contributed by atoms with E-state index in [1.54, 1.807) is 12.0 Å². The molecule has 0 atom stereocenters. The van der Waals surface area contributed by atoms with Gasteiger partial charge in [0, 0.05) is 26.1 Å². The Morgan fingerprint density at radius 1 is 1.32 bits per heavy atom. The molecule has 5 heteroatoms. The van der Waals surface area contributed by atoms with E-state index in [-0.39, 0.29) is 11.8 Å². The number of amides is 2. The molecule has 0 unspecified atom stereocenters. The minimum Gasteiger partial charge on any atom is -0.497 e. The smallest absolute Gasteiger partial charge is 0.227 e. The Hall–Kier alpha value is -2.04. The number of carbonyl (C=O) groups is 2. The lowest BCUT2D eigenvalue weighted by Crippen LogP contribution is -2.35. The number of benzene rings is 1. The summed E-state index contributed by atoms with van der Waals surface area (Å²) >= 11 is 0. The van der Waals surface area contributed by atoms with Crippen molar-refractivity contribution in [2.45, 2.75) is 12.8 Å². The minimum absolute atomic E-state index is 0.0137. The van der Waals surface area contributed by atoms with Gasteiger partial charge in [-0.05, 0) is 17.7 Å². The van der Waals surface area contributed by atoms with Crippen LogP contribution in [0.15, 0.2) is 24.3 Å². The first kappa shape index (κ1) is 13.4. The van der Waals surface area contributed by atoms with E-state index < -0.39 is 0 Å². The first-order chi connectivity index (χ1) is 9.19. The molecule has 0 aliphatic carbocycles. The normalized spacial score (nSPS) is 15.6. The molecule has 1 aliphatic rings. The van der Waals surface area contributed by atoms with Crippen molar-refractivity contribution in [3.63, 3.8) is 0 Å². The van der Waals surface area contributed by atoms with Crippen molar-refractivity contribution in [1.82, 2.24) is 10.2 Å². The van der Waals surface area contributed by atoms with Crippen LogP contribution < -0.4 is 10.1 Å². The van der Waals surface area contributed by atoms with Crippen LogP contribution in [0, 0.1) is 0 Å². The first-order valence-electron chi connectivity index (χ1n) is 6.36. The lowest BCUT2D eigenvalue weighted by Gasteiger charge is -2.19. The zero-order valence-corrected chi connectivity index (χ0v) is 11.0. The second-order valence-electron chi connectivity index (χ2n) is 4.51. The van der Waals surface area contributed by atoms with E-state index in [4.69, 9.17) is 4.74 Å². The van der Waals surface area contributed by atoms with E-state index in [2.05, 4.69) is 5.32 Å². The molecule has 1 aromatic rings. The van der Waals surface area contributed by atoms with Crippen molar-refractivity contribution in [1.29, 1.82) is 0 Å². The number of hydrogen-bond acceptors (Lipinski definition) is 3. The monoisotopic (exact) mass is 262 g/mol. The highest BCUT2D eigenvalue weighted by Crippen LogP contribution is 2.12. The maximum absolute atomic E-state index is 12.1. The maximum atomic E-state index is 12.1. The fraction of sp³-hybridized carbons (Fsp3) is 0.429. The summed E-state index contributed by atoms with van der Waals surface area (Å²) in [6.45, 7) is 1.62. The first-order valence-corrected chi connectivity index (χ1v) is 6.36. The summed E-state index contributed by atoms with van der Waals surface area (Å²) in [6.07, 6.45) is 0.743. The third-order valence-corrected chi connectivity index (χ3v) is 3.18. The zero-order valence-electron chi connectivity index (χ0n) is 11.0. The molecule has 2 amide bonds. The van der Waals surface area contributed by atoms with Gasteiger partial charge in [-0.1, -0.05) is 12.1 Å². The van der Waals surface area contributed by atoms with Crippen LogP contribution in [0.25, 0.3) is 0 Å². The molecule has 0 saturated carbocycles. The zero-order chi connectivity index (χ0) is 13.7. The van der Waals surface area contributed by atoms with Gasteiger partial charge in [0.25, 0.3) is 0 Å². The minimum atomic E-state index is 0.0137. The average molecular weight is 262 g/mol. The van der Waals surface area contributed by atoms with Gasteiger partial charge in [-0.2, -0.15) is 0 Å². The largest absolute Gasteiger partial charge is 0.497 e. The highest BCUT2D eigenvalue weighted by Gasteiger charge is 2.18. The molecule has 1 aromatic carbocycles. The summed E-state index contributed by atoms with van der Waals surface area (Å²) in [6, 6.07) is 7.46. The topological polar surface area (TPSA) is 58.6 Å². The Morgan fingerprint density at radius 3 is 2.74 bits per heavy atom. The van der Waals surface area contributed by atoms with Crippen LogP contribution in [0.4, 0.5) is 0 Å². The lowest BCUT2D eigenvalue weighted by molar-refractivity contribution is -0.130. The molecular weight excluding hydrogens is 244 g/mol. The van der Waals surface area contributed by atoms with Crippen molar-refractivity contribution in [3.05, 3.63) is 29.8 Å². The molecule has 19 heavy (non-hydrogen) atoms. The van der Waals surface area contributed by atoms with Crippen molar-refractivity contribution >= 4 is 11.8 Å². The van der Waals surface area contributed by atoms with Gasteiger partial charge in [0.1, 0.15) is 5.75 Å². The van der Waals surface area contributed by atoms with E-state index in [0.29, 0.717) is 32.5 Å². The van der Waals surface area contributed by atoms with Crippen molar-refractivity contribution in [2.24, 2.45) is 0 Å². The molecule has 5 nitrogen and oxygen atoms in total. The van der Waals surface area contributed by atoms with Gasteiger partial charge >= 0.3 is 0 Å². The van der Waals surface area contributed by atoms with Gasteiger partial charge in [0.05, 0.1) is 13.5 Å². The number of methoxy groups -OCH3 is 1. The van der Waals surface area contributed by atoms with Gasteiger partial charge < -0.3 is 15.0 Å². The van der Waals surface area contributed by atoms with Gasteiger partial charge in [0.2, 0.25) is 11.8 Å². The van der Waals surface area contributed by atoms with Gasteiger partial charge in [-0.25, -0.2) is 0 Å². The van der Waals surface area contributed by atoms with Crippen LogP contribution in [0.2, 0.25) is 0 Å². The van der Waals surface area contributed by atoms with E-state index in [1.165, 1.54) is 0 Å². The predicted molar refractivity (Wildman–Crippen MR) is 70.9 cm³/mol. The second-order valence-corrected chi connectivity index (χ2v) is 4.51. The van der Waals surface area contributed by atoms with Gasteiger partial charge in [0.15, 0.2) is 0 Å². The molecule has 1 fully saturated rings. The molecule has 0 spiro atoms. The second kappa shape index (κ2) is 6.22. The summed E-state index contributed by atoms with van der Waals surface area (Å²) in [5.74, 6) is 0.849. The lowest BCUT2D eigenvalue weighted by atomic mass is 10.1. The van der Waals surface area contributed by atoms with Gasteiger partial charge in [-0.15, -0.1) is 0 Å². The molecule has 102 valence electrons. The van der Waals surface area contributed by atoms with Crippen LogP contribution in [0.1, 0.15) is 12.0 Å². The van der Waals surface area contributed by atoms with Crippen LogP contribution in [-0.4, -0.2) is 43.5 Å². The standard InChI is InChI=1S/C14H18N2O3/c1-19-12-4-2-11(3-5-12)10-14(18)16-8-6-13(17)15-7-9-16/h2-5H,6-10H2,1H3,(H,15,17). The summed E-state index contributed by atoms with van der Waals surface area (Å²) in [7, 11) is 1.61. The van der Waals surface area contributed by atoms with E-state index >= 15 is 0 Å². The summed E-state index contributed by atoms with van der Waals surface area (Å²) < 4.78 is 5.08. The molecule has 0 aromatic heterocycles. The molecule has 0 bridgehead atoms. The van der Waals surface area contributed by atoms with Crippen LogP contribution in [0.3, 0.4) is 0 Å². The van der Waals surface area contributed by atoms with Crippen molar-refractivity contribution in [2.75, 3.05) is 26.7 Å². The van der Waals surface area contributed by atoms with Crippen LogP contribution in [-0.2, 0) is 16.0 Å². The molecule has 2 rings (SSSR count). The SMILES string of the molecule is COc1ccc(CC(=O)N2CCNC(=O)CC2)cc1. The quantitative estimate of drug-likeness (QED) is 0.867. The fourth-order valence-corrected chi connectivity index (χ4v) is 2.05. The number of hydrogen-bond donors (Lipinski definition) is 1. The molecular formula is C14H18N2O3. The number of carbonyl (C=O) groups excluding carboxylic acids is 2. The Labute approximate surface area is 112 Å². The third-order valence-electron chi connectivity index (χ3n) is 3.18. The number of nitrogens with zero attached hydrogens (tertiary/aromatic N) is 1.